The zero-order chi connectivity index (χ0) is 16.1. The molecule has 0 bridgehead atoms. The SMILES string of the molecule is Cc1cc(C#CC2CC2)ccc1/C(C=NCC1OCCO1)=N/N. The molecule has 0 atom stereocenters. The van der Waals surface area contributed by atoms with E-state index < -0.39 is 0 Å². The van der Waals surface area contributed by atoms with Crippen LogP contribution in [0.4, 0.5) is 0 Å². The summed E-state index contributed by atoms with van der Waals surface area (Å²) < 4.78 is 10.7. The van der Waals surface area contributed by atoms with E-state index in [1.165, 1.54) is 12.8 Å². The molecule has 0 spiro atoms. The second-order valence-corrected chi connectivity index (χ2v) is 5.75. The highest BCUT2D eigenvalue weighted by molar-refractivity contribution is 6.38. The first-order chi connectivity index (χ1) is 11.3. The lowest BCUT2D eigenvalue weighted by molar-refractivity contribution is -0.0325. The fourth-order valence-corrected chi connectivity index (χ4v) is 2.35. The van der Waals surface area contributed by atoms with Gasteiger partial charge in [-0.1, -0.05) is 17.9 Å². The highest BCUT2D eigenvalue weighted by Gasteiger charge is 2.17. The van der Waals surface area contributed by atoms with Gasteiger partial charge in [0, 0.05) is 23.3 Å². The van der Waals surface area contributed by atoms with Crippen LogP contribution in [0.3, 0.4) is 0 Å². The fraction of sp³-hybridized carbons (Fsp3) is 0.444. The van der Waals surface area contributed by atoms with E-state index in [2.05, 4.69) is 28.0 Å². The minimum Gasteiger partial charge on any atom is -0.348 e. The zero-order valence-corrected chi connectivity index (χ0v) is 13.3. The molecule has 1 heterocycles. The van der Waals surface area contributed by atoms with E-state index in [1.54, 1.807) is 6.21 Å². The van der Waals surface area contributed by atoms with Crippen LogP contribution >= 0.6 is 0 Å². The summed E-state index contributed by atoms with van der Waals surface area (Å²) in [6.45, 7) is 3.73. The Balaban J connectivity index is 1.68. The normalized spacial score (nSPS) is 19.1. The van der Waals surface area contributed by atoms with Gasteiger partial charge in [-0.15, -0.1) is 0 Å². The minimum atomic E-state index is -0.258. The van der Waals surface area contributed by atoms with Gasteiger partial charge in [0.05, 0.1) is 19.8 Å². The van der Waals surface area contributed by atoms with E-state index in [-0.39, 0.29) is 6.29 Å². The Morgan fingerprint density at radius 3 is 2.78 bits per heavy atom. The van der Waals surface area contributed by atoms with Gasteiger partial charge in [0.25, 0.3) is 0 Å². The molecule has 2 fully saturated rings. The van der Waals surface area contributed by atoms with E-state index in [0.29, 0.717) is 31.4 Å². The van der Waals surface area contributed by atoms with Crippen molar-refractivity contribution in [2.24, 2.45) is 21.9 Å². The molecule has 2 aliphatic rings. The summed E-state index contributed by atoms with van der Waals surface area (Å²) in [5, 5.41) is 3.85. The molecule has 1 aliphatic heterocycles. The van der Waals surface area contributed by atoms with Crippen molar-refractivity contribution in [3.63, 3.8) is 0 Å². The van der Waals surface area contributed by atoms with E-state index in [4.69, 9.17) is 15.3 Å². The molecule has 23 heavy (non-hydrogen) atoms. The van der Waals surface area contributed by atoms with Crippen LogP contribution in [0.2, 0.25) is 0 Å². The lowest BCUT2D eigenvalue weighted by Crippen LogP contribution is -2.14. The van der Waals surface area contributed by atoms with Crippen LogP contribution in [0, 0.1) is 24.7 Å². The average molecular weight is 311 g/mol. The third-order valence-electron chi connectivity index (χ3n) is 3.80. The summed E-state index contributed by atoms with van der Waals surface area (Å²) in [6, 6.07) is 6.05. The van der Waals surface area contributed by atoms with Gasteiger partial charge in [0.2, 0.25) is 0 Å². The van der Waals surface area contributed by atoms with Gasteiger partial charge in [-0.05, 0) is 37.5 Å². The van der Waals surface area contributed by atoms with Gasteiger partial charge in [-0.2, -0.15) is 5.10 Å². The Labute approximate surface area is 136 Å². The number of hydrogen-bond donors (Lipinski definition) is 1. The summed E-state index contributed by atoms with van der Waals surface area (Å²) in [7, 11) is 0. The maximum Gasteiger partial charge on any atom is 0.177 e. The lowest BCUT2D eigenvalue weighted by atomic mass is 10.0. The first kappa shape index (κ1) is 15.7. The number of rotatable bonds is 4. The van der Waals surface area contributed by atoms with Gasteiger partial charge in [-0.3, -0.25) is 4.99 Å². The van der Waals surface area contributed by atoms with Crippen molar-refractivity contribution in [1.29, 1.82) is 0 Å². The highest BCUT2D eigenvalue weighted by atomic mass is 16.7. The van der Waals surface area contributed by atoms with Crippen LogP contribution in [-0.2, 0) is 9.47 Å². The van der Waals surface area contributed by atoms with Crippen LogP contribution in [0.1, 0.15) is 29.5 Å². The van der Waals surface area contributed by atoms with Crippen molar-refractivity contribution in [3.8, 4) is 11.8 Å². The minimum absolute atomic E-state index is 0.258. The van der Waals surface area contributed by atoms with Gasteiger partial charge < -0.3 is 15.3 Å². The van der Waals surface area contributed by atoms with E-state index in [9.17, 15) is 0 Å². The van der Waals surface area contributed by atoms with Crippen LogP contribution in [0.15, 0.2) is 28.3 Å². The molecular formula is C18H21N3O2. The Bertz CT molecular complexity index is 675. The Morgan fingerprint density at radius 1 is 1.35 bits per heavy atom. The predicted molar refractivity (Wildman–Crippen MR) is 90.6 cm³/mol. The molecule has 1 saturated carbocycles. The lowest BCUT2D eigenvalue weighted by Gasteiger charge is -2.07. The van der Waals surface area contributed by atoms with Crippen LogP contribution in [-0.4, -0.2) is 38.0 Å². The van der Waals surface area contributed by atoms with Crippen LogP contribution < -0.4 is 5.84 Å². The first-order valence-electron chi connectivity index (χ1n) is 7.90. The van der Waals surface area contributed by atoms with Gasteiger partial charge in [-0.25, -0.2) is 0 Å². The topological polar surface area (TPSA) is 69.2 Å². The standard InChI is InChI=1S/C18H21N3O2/c1-13-10-15(5-4-14-2-3-14)6-7-16(13)17(21-19)11-20-12-18-22-8-9-23-18/h6-7,10-11,14,18H,2-3,8-9,12,19H2,1H3/b20-11?,21-17+. The predicted octanol–water partition coefficient (Wildman–Crippen LogP) is 1.86. The van der Waals surface area contributed by atoms with Crippen molar-refractivity contribution in [1.82, 2.24) is 0 Å². The van der Waals surface area contributed by atoms with Crippen molar-refractivity contribution in [2.45, 2.75) is 26.1 Å². The number of aryl methyl sites for hydroxylation is 1. The van der Waals surface area contributed by atoms with Crippen molar-refractivity contribution in [2.75, 3.05) is 19.8 Å². The molecule has 2 N–H and O–H groups in total. The fourth-order valence-electron chi connectivity index (χ4n) is 2.35. The van der Waals surface area contributed by atoms with Gasteiger partial charge in [0.15, 0.2) is 6.29 Å². The van der Waals surface area contributed by atoms with E-state index in [0.717, 1.165) is 16.7 Å². The highest BCUT2D eigenvalue weighted by Crippen LogP contribution is 2.27. The number of aliphatic imine (C=N–C) groups is 1. The molecular weight excluding hydrogens is 290 g/mol. The van der Waals surface area contributed by atoms with Crippen LogP contribution in [0.5, 0.6) is 0 Å². The third-order valence-corrected chi connectivity index (χ3v) is 3.80. The quantitative estimate of drug-likeness (QED) is 0.399. The van der Waals surface area contributed by atoms with Crippen LogP contribution in [0.25, 0.3) is 0 Å². The third kappa shape index (κ3) is 4.41. The summed E-state index contributed by atoms with van der Waals surface area (Å²) in [5.74, 6) is 12.6. The Morgan fingerprint density at radius 2 is 2.13 bits per heavy atom. The molecule has 1 aromatic rings. The molecule has 0 radical (unpaired) electrons. The molecule has 0 aromatic heterocycles. The van der Waals surface area contributed by atoms with Gasteiger partial charge in [0.1, 0.15) is 5.71 Å². The maximum absolute atomic E-state index is 5.52. The summed E-state index contributed by atoms with van der Waals surface area (Å²) in [6.07, 6.45) is 3.88. The van der Waals surface area contributed by atoms with E-state index >= 15 is 0 Å². The number of nitrogens with two attached hydrogens (primary N) is 1. The molecule has 3 rings (SSSR count). The molecule has 1 saturated heterocycles. The zero-order valence-electron chi connectivity index (χ0n) is 13.3. The molecule has 120 valence electrons. The van der Waals surface area contributed by atoms with E-state index in [1.807, 2.05) is 19.1 Å². The van der Waals surface area contributed by atoms with Crippen molar-refractivity contribution < 1.29 is 9.47 Å². The monoisotopic (exact) mass is 311 g/mol. The first-order valence-corrected chi connectivity index (χ1v) is 7.90. The smallest absolute Gasteiger partial charge is 0.177 e. The molecule has 1 aliphatic carbocycles. The van der Waals surface area contributed by atoms with Crippen molar-refractivity contribution in [3.05, 3.63) is 34.9 Å². The summed E-state index contributed by atoms with van der Waals surface area (Å²) in [5.41, 5.74) is 3.71. The number of hydrazone groups is 1. The summed E-state index contributed by atoms with van der Waals surface area (Å²) >= 11 is 0. The Hall–Kier alpha value is -2.16. The average Bonchev–Trinajstić information content (AvgIpc) is 3.25. The van der Waals surface area contributed by atoms with Gasteiger partial charge >= 0.3 is 0 Å². The molecule has 0 unspecified atom stereocenters. The van der Waals surface area contributed by atoms with Crippen molar-refractivity contribution >= 4 is 11.9 Å². The Kier molecular flexibility index (Phi) is 5.06. The molecule has 5 heteroatoms. The molecule has 0 amide bonds. The number of hydrogen-bond acceptors (Lipinski definition) is 5. The molecule has 1 aromatic carbocycles. The number of ether oxygens (including phenoxy) is 2. The number of benzene rings is 1. The summed E-state index contributed by atoms with van der Waals surface area (Å²) in [4.78, 5) is 4.32. The number of nitrogens with zero attached hydrogens (tertiary/aromatic N) is 2. The second-order valence-electron chi connectivity index (χ2n) is 5.75. The molecule has 5 nitrogen and oxygen atoms in total. The maximum atomic E-state index is 5.52. The largest absolute Gasteiger partial charge is 0.348 e. The second kappa shape index (κ2) is 7.40.